The van der Waals surface area contributed by atoms with Crippen molar-refractivity contribution in [3.63, 3.8) is 0 Å². The second-order valence-corrected chi connectivity index (χ2v) is 8.24. The van der Waals surface area contributed by atoms with Gasteiger partial charge in [-0.25, -0.2) is 0 Å². The van der Waals surface area contributed by atoms with Crippen LogP contribution in [0.5, 0.6) is 0 Å². The zero-order valence-electron chi connectivity index (χ0n) is 17.3. The maximum absolute atomic E-state index is 13.3. The molecule has 0 radical (unpaired) electrons. The molecule has 2 saturated heterocycles. The molecule has 0 aliphatic carbocycles. The number of rotatable bonds is 6. The number of piperidine rings is 2. The minimum absolute atomic E-state index is 0.122. The molecule has 8 nitrogen and oxygen atoms in total. The van der Waals surface area contributed by atoms with E-state index in [0.717, 1.165) is 49.4 Å². The zero-order valence-corrected chi connectivity index (χ0v) is 17.3. The number of imide groups is 2. The molecule has 2 N–H and O–H groups in total. The van der Waals surface area contributed by atoms with Gasteiger partial charge in [-0.1, -0.05) is 19.1 Å². The van der Waals surface area contributed by atoms with E-state index in [0.29, 0.717) is 23.7 Å². The fourth-order valence-electron chi connectivity index (χ4n) is 4.79. The van der Waals surface area contributed by atoms with Crippen molar-refractivity contribution >= 4 is 23.6 Å². The summed E-state index contributed by atoms with van der Waals surface area (Å²) in [6.07, 6.45) is 3.42. The highest BCUT2D eigenvalue weighted by molar-refractivity contribution is 6.24. The van der Waals surface area contributed by atoms with Crippen molar-refractivity contribution < 1.29 is 19.2 Å². The third-order valence-electron chi connectivity index (χ3n) is 6.26. The molecule has 3 aliphatic heterocycles. The molecule has 0 saturated carbocycles. The summed E-state index contributed by atoms with van der Waals surface area (Å²) in [7, 11) is 0. The van der Waals surface area contributed by atoms with Gasteiger partial charge in [0.2, 0.25) is 11.8 Å². The van der Waals surface area contributed by atoms with Gasteiger partial charge in [-0.3, -0.25) is 34.3 Å². The van der Waals surface area contributed by atoms with E-state index < -0.39 is 23.8 Å². The number of nitrogens with one attached hydrogen (secondary N) is 2. The highest BCUT2D eigenvalue weighted by Gasteiger charge is 2.45. The van der Waals surface area contributed by atoms with Crippen molar-refractivity contribution in [2.75, 3.05) is 19.6 Å². The molecule has 4 rings (SSSR count). The van der Waals surface area contributed by atoms with Crippen LogP contribution >= 0.6 is 0 Å². The normalized spacial score (nSPS) is 22.6. The Balaban J connectivity index is 1.61. The lowest BCUT2D eigenvalue weighted by atomic mass is 9.99. The van der Waals surface area contributed by atoms with Crippen molar-refractivity contribution in [1.29, 1.82) is 0 Å². The van der Waals surface area contributed by atoms with E-state index in [9.17, 15) is 19.2 Å². The van der Waals surface area contributed by atoms with Gasteiger partial charge in [-0.05, 0) is 56.9 Å². The quantitative estimate of drug-likeness (QED) is 0.678. The molecule has 0 aromatic heterocycles. The third kappa shape index (κ3) is 3.77. The SMILES string of the molecule is CCCN(Cc1cccc2c1C(=O)N(C1CCC(=O)NC1=O)C2=O)C1CCNCC1. The summed E-state index contributed by atoms with van der Waals surface area (Å²) in [5.74, 6) is -1.83. The molecule has 1 aromatic carbocycles. The van der Waals surface area contributed by atoms with Gasteiger partial charge in [-0.2, -0.15) is 0 Å². The summed E-state index contributed by atoms with van der Waals surface area (Å²) in [5.41, 5.74) is 1.58. The van der Waals surface area contributed by atoms with Crippen molar-refractivity contribution in [3.05, 3.63) is 34.9 Å². The first-order chi connectivity index (χ1) is 14.5. The minimum atomic E-state index is -0.931. The molecule has 2 fully saturated rings. The van der Waals surface area contributed by atoms with Crippen LogP contribution in [0, 0.1) is 0 Å². The van der Waals surface area contributed by atoms with Crippen molar-refractivity contribution in [1.82, 2.24) is 20.4 Å². The van der Waals surface area contributed by atoms with E-state index in [1.165, 1.54) is 0 Å². The maximum atomic E-state index is 13.3. The van der Waals surface area contributed by atoms with Crippen LogP contribution in [0.3, 0.4) is 0 Å². The zero-order chi connectivity index (χ0) is 21.3. The second-order valence-electron chi connectivity index (χ2n) is 8.24. The summed E-state index contributed by atoms with van der Waals surface area (Å²) in [5, 5.41) is 5.63. The van der Waals surface area contributed by atoms with Crippen LogP contribution in [0.15, 0.2) is 18.2 Å². The lowest BCUT2D eigenvalue weighted by molar-refractivity contribution is -0.136. The number of fused-ring (bicyclic) bond motifs is 1. The highest BCUT2D eigenvalue weighted by Crippen LogP contribution is 2.31. The van der Waals surface area contributed by atoms with Crippen LogP contribution < -0.4 is 10.6 Å². The highest BCUT2D eigenvalue weighted by atomic mass is 16.2. The molecule has 1 unspecified atom stereocenters. The Morgan fingerprint density at radius 3 is 2.53 bits per heavy atom. The van der Waals surface area contributed by atoms with Crippen LogP contribution in [0.2, 0.25) is 0 Å². The molecule has 0 spiro atoms. The number of carbonyl (C=O) groups excluding carboxylic acids is 4. The van der Waals surface area contributed by atoms with Gasteiger partial charge in [0.15, 0.2) is 0 Å². The van der Waals surface area contributed by atoms with Crippen molar-refractivity contribution in [2.45, 2.75) is 57.7 Å². The Hall–Kier alpha value is -2.58. The number of benzene rings is 1. The van der Waals surface area contributed by atoms with Crippen LogP contribution in [-0.2, 0) is 16.1 Å². The summed E-state index contributed by atoms with van der Waals surface area (Å²) in [6.45, 7) is 5.64. The van der Waals surface area contributed by atoms with Gasteiger partial charge in [-0.15, -0.1) is 0 Å². The Bertz CT molecular complexity index is 878. The molecule has 0 bridgehead atoms. The van der Waals surface area contributed by atoms with E-state index >= 15 is 0 Å². The van der Waals surface area contributed by atoms with Crippen LogP contribution in [0.4, 0.5) is 0 Å². The fourth-order valence-corrected chi connectivity index (χ4v) is 4.79. The smallest absolute Gasteiger partial charge is 0.262 e. The molecule has 160 valence electrons. The van der Waals surface area contributed by atoms with E-state index in [-0.39, 0.29) is 18.7 Å². The Morgan fingerprint density at radius 2 is 1.83 bits per heavy atom. The van der Waals surface area contributed by atoms with Crippen LogP contribution in [0.25, 0.3) is 0 Å². The monoisotopic (exact) mass is 412 g/mol. The standard InChI is InChI=1S/C22H28N4O4/c1-2-12-25(15-8-10-23-11-9-15)13-14-4-3-5-16-19(14)22(30)26(21(16)29)17-6-7-18(27)24-20(17)28/h3-5,15,17,23H,2,6-13H2,1H3,(H,24,27,28). The third-order valence-corrected chi connectivity index (χ3v) is 6.26. The van der Waals surface area contributed by atoms with Gasteiger partial charge in [0.25, 0.3) is 11.8 Å². The number of hydrogen-bond acceptors (Lipinski definition) is 6. The molecule has 3 aliphatic rings. The first-order valence-electron chi connectivity index (χ1n) is 10.8. The van der Waals surface area contributed by atoms with Gasteiger partial charge in [0, 0.05) is 19.0 Å². The summed E-state index contributed by atoms with van der Waals surface area (Å²) in [4.78, 5) is 53.5. The van der Waals surface area contributed by atoms with E-state index in [2.05, 4.69) is 22.5 Å². The van der Waals surface area contributed by atoms with Gasteiger partial charge < -0.3 is 5.32 Å². The van der Waals surface area contributed by atoms with E-state index in [4.69, 9.17) is 0 Å². The van der Waals surface area contributed by atoms with Gasteiger partial charge in [0.05, 0.1) is 11.1 Å². The Labute approximate surface area is 176 Å². The molecule has 4 amide bonds. The van der Waals surface area contributed by atoms with Gasteiger partial charge >= 0.3 is 0 Å². The Morgan fingerprint density at radius 1 is 1.07 bits per heavy atom. The fraction of sp³-hybridized carbons (Fsp3) is 0.545. The lowest BCUT2D eigenvalue weighted by Gasteiger charge is -2.35. The predicted octanol–water partition coefficient (Wildman–Crippen LogP) is 1.05. The number of nitrogens with zero attached hydrogens (tertiary/aromatic N) is 2. The first kappa shape index (κ1) is 20.7. The largest absolute Gasteiger partial charge is 0.317 e. The lowest BCUT2D eigenvalue weighted by Crippen LogP contribution is -2.54. The molecule has 1 atom stereocenters. The summed E-state index contributed by atoms with van der Waals surface area (Å²) < 4.78 is 0. The molecule has 30 heavy (non-hydrogen) atoms. The van der Waals surface area contributed by atoms with Crippen molar-refractivity contribution in [3.8, 4) is 0 Å². The number of carbonyl (C=O) groups is 4. The Kier molecular flexibility index (Phi) is 5.97. The van der Waals surface area contributed by atoms with E-state index in [1.54, 1.807) is 12.1 Å². The first-order valence-corrected chi connectivity index (χ1v) is 10.8. The average molecular weight is 412 g/mol. The number of hydrogen-bond donors (Lipinski definition) is 2. The minimum Gasteiger partial charge on any atom is -0.317 e. The molecular weight excluding hydrogens is 384 g/mol. The van der Waals surface area contributed by atoms with Crippen LogP contribution in [0.1, 0.15) is 65.3 Å². The van der Waals surface area contributed by atoms with Gasteiger partial charge in [0.1, 0.15) is 6.04 Å². The van der Waals surface area contributed by atoms with E-state index in [1.807, 2.05) is 6.07 Å². The second kappa shape index (κ2) is 8.65. The average Bonchev–Trinajstić information content (AvgIpc) is 3.00. The predicted molar refractivity (Wildman–Crippen MR) is 110 cm³/mol. The van der Waals surface area contributed by atoms with Crippen LogP contribution in [-0.4, -0.2) is 65.1 Å². The summed E-state index contributed by atoms with van der Waals surface area (Å²) in [6, 6.07) is 4.88. The number of amides is 4. The topological polar surface area (TPSA) is 98.8 Å². The molecule has 8 heteroatoms. The summed E-state index contributed by atoms with van der Waals surface area (Å²) >= 11 is 0. The van der Waals surface area contributed by atoms with Crippen molar-refractivity contribution in [2.24, 2.45) is 0 Å². The molecule has 1 aromatic rings. The molecular formula is C22H28N4O4. The maximum Gasteiger partial charge on any atom is 0.262 e. The molecule has 3 heterocycles.